The number of hydrogen-bond donors (Lipinski definition) is 1. The minimum atomic E-state index is -3.77. The predicted molar refractivity (Wildman–Crippen MR) is 108 cm³/mol. The highest BCUT2D eigenvalue weighted by molar-refractivity contribution is 7.89. The van der Waals surface area contributed by atoms with Gasteiger partial charge in [0.2, 0.25) is 10.0 Å². The molecule has 0 radical (unpaired) electrons. The van der Waals surface area contributed by atoms with Crippen molar-refractivity contribution in [3.63, 3.8) is 0 Å². The Labute approximate surface area is 173 Å². The monoisotopic (exact) mass is 428 g/mol. The zero-order valence-electron chi connectivity index (χ0n) is 15.8. The minimum absolute atomic E-state index is 0.0305. The van der Waals surface area contributed by atoms with Crippen molar-refractivity contribution in [1.29, 1.82) is 0 Å². The van der Waals surface area contributed by atoms with Crippen LogP contribution in [0, 0.1) is 11.6 Å². The number of anilines is 1. The SMILES string of the molecule is O=C(Nc1ccc2c(c1)CN(S(=O)(=O)c1ccc(F)cc1)CC2)c1cccc(F)c1. The second-order valence-corrected chi connectivity index (χ2v) is 8.93. The van der Waals surface area contributed by atoms with Gasteiger partial charge in [0.1, 0.15) is 11.6 Å². The number of nitrogens with zero attached hydrogens (tertiary/aromatic N) is 1. The first kappa shape index (κ1) is 20.2. The smallest absolute Gasteiger partial charge is 0.255 e. The van der Waals surface area contributed by atoms with Crippen LogP contribution in [0.1, 0.15) is 21.5 Å². The number of benzene rings is 3. The maximum absolute atomic E-state index is 13.3. The van der Waals surface area contributed by atoms with Crippen molar-refractivity contribution in [3.05, 3.63) is 95.1 Å². The number of rotatable bonds is 4. The first-order valence-electron chi connectivity index (χ1n) is 9.27. The maximum atomic E-state index is 13.3. The van der Waals surface area contributed by atoms with E-state index < -0.39 is 27.6 Å². The predicted octanol–water partition coefficient (Wildman–Crippen LogP) is 3.96. The molecule has 8 heteroatoms. The van der Waals surface area contributed by atoms with Gasteiger partial charge in [0.25, 0.3) is 5.91 Å². The lowest BCUT2D eigenvalue weighted by Crippen LogP contribution is -2.36. The van der Waals surface area contributed by atoms with Crippen LogP contribution in [0.2, 0.25) is 0 Å². The summed E-state index contributed by atoms with van der Waals surface area (Å²) in [6.45, 7) is 0.445. The third kappa shape index (κ3) is 4.10. The lowest BCUT2D eigenvalue weighted by atomic mass is 10.0. The van der Waals surface area contributed by atoms with Crippen molar-refractivity contribution >= 4 is 21.6 Å². The van der Waals surface area contributed by atoms with E-state index in [9.17, 15) is 22.0 Å². The molecule has 1 N–H and O–H groups in total. The number of hydrogen-bond acceptors (Lipinski definition) is 3. The third-order valence-corrected chi connectivity index (χ3v) is 6.84. The van der Waals surface area contributed by atoms with E-state index in [1.165, 1.54) is 34.6 Å². The molecule has 0 spiro atoms. The molecule has 0 atom stereocenters. The molecule has 1 heterocycles. The van der Waals surface area contributed by atoms with Crippen molar-refractivity contribution in [1.82, 2.24) is 4.31 Å². The molecular weight excluding hydrogens is 410 g/mol. The first-order valence-corrected chi connectivity index (χ1v) is 10.7. The van der Waals surface area contributed by atoms with E-state index in [1.807, 2.05) is 6.07 Å². The standard InChI is InChI=1S/C22H18F2N2O3S/c23-18-5-8-21(9-6-18)30(28,29)26-11-10-15-4-7-20(13-17(15)14-26)25-22(27)16-2-1-3-19(24)12-16/h1-9,12-13H,10-11,14H2,(H,25,27). The zero-order valence-corrected chi connectivity index (χ0v) is 16.6. The average Bonchev–Trinajstić information content (AvgIpc) is 2.73. The molecule has 3 aromatic rings. The Morgan fingerprint density at radius 1 is 0.900 bits per heavy atom. The van der Waals surface area contributed by atoms with Crippen LogP contribution in [-0.2, 0) is 23.0 Å². The van der Waals surface area contributed by atoms with E-state index in [4.69, 9.17) is 0 Å². The molecule has 0 aliphatic carbocycles. The summed E-state index contributed by atoms with van der Waals surface area (Å²) in [6, 6.07) is 15.4. The van der Waals surface area contributed by atoms with Gasteiger partial charge in [-0.3, -0.25) is 4.79 Å². The van der Waals surface area contributed by atoms with Crippen molar-refractivity contribution in [2.45, 2.75) is 17.9 Å². The van der Waals surface area contributed by atoms with Crippen molar-refractivity contribution < 1.29 is 22.0 Å². The molecule has 1 amide bonds. The summed E-state index contributed by atoms with van der Waals surface area (Å²) in [4.78, 5) is 12.4. The van der Waals surface area contributed by atoms with Crippen LogP contribution >= 0.6 is 0 Å². The van der Waals surface area contributed by atoms with Gasteiger partial charge in [-0.2, -0.15) is 4.31 Å². The van der Waals surface area contributed by atoms with Crippen LogP contribution in [0.15, 0.2) is 71.6 Å². The third-order valence-electron chi connectivity index (χ3n) is 4.98. The van der Waals surface area contributed by atoms with Crippen LogP contribution in [0.25, 0.3) is 0 Å². The van der Waals surface area contributed by atoms with Gasteiger partial charge >= 0.3 is 0 Å². The molecule has 0 bridgehead atoms. The van der Waals surface area contributed by atoms with Crippen molar-refractivity contribution in [2.75, 3.05) is 11.9 Å². The van der Waals surface area contributed by atoms with Gasteiger partial charge in [-0.25, -0.2) is 17.2 Å². The highest BCUT2D eigenvalue weighted by Gasteiger charge is 2.28. The van der Waals surface area contributed by atoms with E-state index in [2.05, 4.69) is 5.32 Å². The Morgan fingerprint density at radius 2 is 1.67 bits per heavy atom. The number of amides is 1. The van der Waals surface area contributed by atoms with E-state index in [-0.39, 0.29) is 17.0 Å². The van der Waals surface area contributed by atoms with Gasteiger partial charge in [0.05, 0.1) is 4.90 Å². The number of sulfonamides is 1. The second kappa shape index (κ2) is 7.97. The summed E-state index contributed by atoms with van der Waals surface area (Å²) in [6.07, 6.45) is 0.522. The normalized spacial score (nSPS) is 14.2. The van der Waals surface area contributed by atoms with E-state index in [0.29, 0.717) is 18.7 Å². The fraction of sp³-hybridized carbons (Fsp3) is 0.136. The number of halogens is 2. The Balaban J connectivity index is 1.55. The minimum Gasteiger partial charge on any atom is -0.322 e. The molecule has 5 nitrogen and oxygen atoms in total. The zero-order chi connectivity index (χ0) is 21.3. The Hall–Kier alpha value is -3.10. The largest absolute Gasteiger partial charge is 0.322 e. The molecular formula is C22H18F2N2O3S. The van der Waals surface area contributed by atoms with Gasteiger partial charge in [-0.1, -0.05) is 12.1 Å². The number of fused-ring (bicyclic) bond motifs is 1. The highest BCUT2D eigenvalue weighted by Crippen LogP contribution is 2.27. The van der Waals surface area contributed by atoms with Crippen LogP contribution < -0.4 is 5.32 Å². The fourth-order valence-corrected chi connectivity index (χ4v) is 4.82. The highest BCUT2D eigenvalue weighted by atomic mass is 32.2. The van der Waals surface area contributed by atoms with E-state index in [0.717, 1.165) is 29.3 Å². The topological polar surface area (TPSA) is 66.5 Å². The summed E-state index contributed by atoms with van der Waals surface area (Å²) in [5.41, 5.74) is 2.44. The lowest BCUT2D eigenvalue weighted by molar-refractivity contribution is 0.102. The number of carbonyl (C=O) groups excluding carboxylic acids is 1. The molecule has 1 aliphatic heterocycles. The molecule has 154 valence electrons. The molecule has 4 rings (SSSR count). The Morgan fingerprint density at radius 3 is 2.40 bits per heavy atom. The molecule has 30 heavy (non-hydrogen) atoms. The van der Waals surface area contributed by atoms with E-state index >= 15 is 0 Å². The van der Waals surface area contributed by atoms with Gasteiger partial charge in [0, 0.05) is 24.3 Å². The molecule has 0 fully saturated rings. The maximum Gasteiger partial charge on any atom is 0.255 e. The summed E-state index contributed by atoms with van der Waals surface area (Å²) in [5, 5.41) is 2.71. The summed E-state index contributed by atoms with van der Waals surface area (Å²) < 4.78 is 53.6. The van der Waals surface area contributed by atoms with Crippen LogP contribution in [0.4, 0.5) is 14.5 Å². The molecule has 0 aromatic heterocycles. The number of carbonyl (C=O) groups is 1. The van der Waals surface area contributed by atoms with Crippen molar-refractivity contribution in [3.8, 4) is 0 Å². The van der Waals surface area contributed by atoms with Crippen LogP contribution in [0.3, 0.4) is 0 Å². The Kier molecular flexibility index (Phi) is 5.36. The summed E-state index contributed by atoms with van der Waals surface area (Å²) >= 11 is 0. The molecule has 0 saturated carbocycles. The summed E-state index contributed by atoms with van der Waals surface area (Å²) in [7, 11) is -3.77. The van der Waals surface area contributed by atoms with Gasteiger partial charge in [0.15, 0.2) is 0 Å². The number of nitrogens with one attached hydrogen (secondary N) is 1. The fourth-order valence-electron chi connectivity index (χ4n) is 3.40. The molecule has 0 unspecified atom stereocenters. The first-order chi connectivity index (χ1) is 14.3. The van der Waals surface area contributed by atoms with Crippen LogP contribution in [-0.4, -0.2) is 25.2 Å². The molecule has 0 saturated heterocycles. The second-order valence-electron chi connectivity index (χ2n) is 6.99. The average molecular weight is 428 g/mol. The Bertz CT molecular complexity index is 1210. The molecule has 1 aliphatic rings. The van der Waals surface area contributed by atoms with Gasteiger partial charge in [-0.15, -0.1) is 0 Å². The van der Waals surface area contributed by atoms with Crippen molar-refractivity contribution in [2.24, 2.45) is 0 Å². The van der Waals surface area contributed by atoms with Gasteiger partial charge in [-0.05, 0) is 72.1 Å². The quantitative estimate of drug-likeness (QED) is 0.684. The van der Waals surface area contributed by atoms with Crippen LogP contribution in [0.5, 0.6) is 0 Å². The lowest BCUT2D eigenvalue weighted by Gasteiger charge is -2.28. The van der Waals surface area contributed by atoms with E-state index in [1.54, 1.807) is 12.1 Å². The van der Waals surface area contributed by atoms with Gasteiger partial charge < -0.3 is 5.32 Å². The molecule has 3 aromatic carbocycles. The summed E-state index contributed by atoms with van der Waals surface area (Å²) in [5.74, 6) is -1.47.